The smallest absolute Gasteiger partial charge is 0.305 e. The molecule has 0 amide bonds. The molecule has 2 aromatic rings. The highest BCUT2D eigenvalue weighted by Crippen LogP contribution is 2.30. The summed E-state index contributed by atoms with van der Waals surface area (Å²) in [4.78, 5) is 11.3. The largest absolute Gasteiger partial charge is 0.507 e. The van der Waals surface area contributed by atoms with Crippen LogP contribution >= 0.6 is 0 Å². The van der Waals surface area contributed by atoms with E-state index in [1.165, 1.54) is 0 Å². The van der Waals surface area contributed by atoms with Crippen molar-refractivity contribution in [1.29, 1.82) is 0 Å². The Kier molecular flexibility index (Phi) is 5.38. The zero-order chi connectivity index (χ0) is 15.1. The topological polar surface area (TPSA) is 46.5 Å². The first-order valence-electron chi connectivity index (χ1n) is 7.23. The molecule has 2 aromatic carbocycles. The normalized spacial score (nSPS) is 10.3. The fraction of sp³-hybridized carbons (Fsp3) is 0.278. The van der Waals surface area contributed by atoms with E-state index in [1.807, 2.05) is 49.4 Å². The van der Waals surface area contributed by atoms with Crippen molar-refractivity contribution in [2.75, 3.05) is 6.61 Å². The van der Waals surface area contributed by atoms with Crippen LogP contribution in [0.4, 0.5) is 0 Å². The molecular formula is C18H20O3. The maximum atomic E-state index is 11.3. The third-order valence-corrected chi connectivity index (χ3v) is 3.30. The van der Waals surface area contributed by atoms with E-state index in [9.17, 15) is 9.90 Å². The number of aromatic hydroxyl groups is 1. The minimum atomic E-state index is -0.153. The number of phenols is 1. The maximum absolute atomic E-state index is 11.3. The lowest BCUT2D eigenvalue weighted by molar-refractivity contribution is -0.143. The predicted molar refractivity (Wildman–Crippen MR) is 83.1 cm³/mol. The summed E-state index contributed by atoms with van der Waals surface area (Å²) < 4.78 is 4.91. The number of hydrogen-bond donors (Lipinski definition) is 1. The summed E-state index contributed by atoms with van der Waals surface area (Å²) >= 11 is 0. The Morgan fingerprint density at radius 1 is 1.14 bits per heavy atom. The highest BCUT2D eigenvalue weighted by molar-refractivity contribution is 5.71. The summed E-state index contributed by atoms with van der Waals surface area (Å²) in [6.45, 7) is 2.24. The Morgan fingerprint density at radius 3 is 2.62 bits per heavy atom. The van der Waals surface area contributed by atoms with Crippen molar-refractivity contribution in [2.24, 2.45) is 0 Å². The number of ether oxygens (including phenoxy) is 1. The number of esters is 1. The average Bonchev–Trinajstić information content (AvgIpc) is 2.50. The minimum Gasteiger partial charge on any atom is -0.507 e. The third-order valence-electron chi connectivity index (χ3n) is 3.30. The average molecular weight is 284 g/mol. The number of phenolic OH excluding ortho intramolecular Hbond substituents is 1. The molecule has 0 unspecified atom stereocenters. The van der Waals surface area contributed by atoms with Crippen molar-refractivity contribution < 1.29 is 14.6 Å². The Morgan fingerprint density at radius 2 is 1.90 bits per heavy atom. The zero-order valence-corrected chi connectivity index (χ0v) is 12.2. The second-order valence-corrected chi connectivity index (χ2v) is 4.88. The van der Waals surface area contributed by atoms with Crippen molar-refractivity contribution in [3.63, 3.8) is 0 Å². The second kappa shape index (κ2) is 7.48. The second-order valence-electron chi connectivity index (χ2n) is 4.88. The molecule has 0 aliphatic heterocycles. The van der Waals surface area contributed by atoms with Gasteiger partial charge in [0.05, 0.1) is 6.61 Å². The van der Waals surface area contributed by atoms with Crippen LogP contribution in [0.2, 0.25) is 0 Å². The molecular weight excluding hydrogens is 264 g/mol. The number of benzene rings is 2. The molecule has 0 atom stereocenters. The van der Waals surface area contributed by atoms with Crippen LogP contribution in [0.3, 0.4) is 0 Å². The van der Waals surface area contributed by atoms with E-state index < -0.39 is 0 Å². The first-order chi connectivity index (χ1) is 10.2. The molecule has 0 fully saturated rings. The summed E-state index contributed by atoms with van der Waals surface area (Å²) in [5.41, 5.74) is 2.92. The van der Waals surface area contributed by atoms with Crippen LogP contribution < -0.4 is 0 Å². The quantitative estimate of drug-likeness (QED) is 0.817. The van der Waals surface area contributed by atoms with Crippen molar-refractivity contribution >= 4 is 5.97 Å². The molecule has 0 aliphatic carbocycles. The van der Waals surface area contributed by atoms with Crippen LogP contribution in [0.15, 0.2) is 48.5 Å². The van der Waals surface area contributed by atoms with Gasteiger partial charge >= 0.3 is 5.97 Å². The lowest BCUT2D eigenvalue weighted by Crippen LogP contribution is -2.04. The molecule has 0 saturated heterocycles. The van der Waals surface area contributed by atoms with E-state index >= 15 is 0 Å². The van der Waals surface area contributed by atoms with Gasteiger partial charge in [0.2, 0.25) is 0 Å². The number of carbonyl (C=O) groups excluding carboxylic acids is 1. The van der Waals surface area contributed by atoms with E-state index in [0.717, 1.165) is 29.5 Å². The van der Waals surface area contributed by atoms with Gasteiger partial charge in [0.1, 0.15) is 5.75 Å². The fourth-order valence-corrected chi connectivity index (χ4v) is 2.26. The van der Waals surface area contributed by atoms with Gasteiger partial charge in [-0.2, -0.15) is 0 Å². The van der Waals surface area contributed by atoms with Crippen LogP contribution in [0, 0.1) is 0 Å². The summed E-state index contributed by atoms with van der Waals surface area (Å²) in [6.07, 6.45) is 1.96. The van der Waals surface area contributed by atoms with E-state index in [0.29, 0.717) is 13.0 Å². The van der Waals surface area contributed by atoms with Gasteiger partial charge in [0, 0.05) is 12.0 Å². The molecule has 21 heavy (non-hydrogen) atoms. The van der Waals surface area contributed by atoms with E-state index in [1.54, 1.807) is 6.07 Å². The first-order valence-corrected chi connectivity index (χ1v) is 7.23. The van der Waals surface area contributed by atoms with Gasteiger partial charge in [-0.25, -0.2) is 0 Å². The van der Waals surface area contributed by atoms with Crippen LogP contribution in [-0.2, 0) is 16.0 Å². The summed E-state index contributed by atoms with van der Waals surface area (Å²) in [6, 6.07) is 15.4. The predicted octanol–water partition coefficient (Wildman–Crippen LogP) is 3.95. The Balaban J connectivity index is 2.04. The lowest BCUT2D eigenvalue weighted by Gasteiger charge is -2.08. The van der Waals surface area contributed by atoms with Gasteiger partial charge < -0.3 is 9.84 Å². The Bertz CT molecular complexity index is 591. The monoisotopic (exact) mass is 284 g/mol. The fourth-order valence-electron chi connectivity index (χ4n) is 2.26. The Hall–Kier alpha value is -2.29. The molecule has 3 nitrogen and oxygen atoms in total. The van der Waals surface area contributed by atoms with Gasteiger partial charge in [-0.3, -0.25) is 4.79 Å². The molecule has 2 rings (SSSR count). The molecule has 110 valence electrons. The van der Waals surface area contributed by atoms with E-state index in [4.69, 9.17) is 4.74 Å². The molecule has 0 saturated carbocycles. The van der Waals surface area contributed by atoms with Crippen molar-refractivity contribution in [1.82, 2.24) is 0 Å². The van der Waals surface area contributed by atoms with Crippen molar-refractivity contribution in [3.05, 3.63) is 54.1 Å². The van der Waals surface area contributed by atoms with Gasteiger partial charge in [0.15, 0.2) is 0 Å². The molecule has 0 bridgehead atoms. The van der Waals surface area contributed by atoms with Gasteiger partial charge in [0.25, 0.3) is 0 Å². The van der Waals surface area contributed by atoms with Gasteiger partial charge in [-0.1, -0.05) is 36.4 Å². The van der Waals surface area contributed by atoms with Gasteiger partial charge in [-0.05, 0) is 43.0 Å². The van der Waals surface area contributed by atoms with Crippen LogP contribution in [-0.4, -0.2) is 17.7 Å². The van der Waals surface area contributed by atoms with Crippen molar-refractivity contribution in [3.8, 4) is 16.9 Å². The van der Waals surface area contributed by atoms with E-state index in [-0.39, 0.29) is 11.7 Å². The zero-order valence-electron chi connectivity index (χ0n) is 12.2. The SMILES string of the molecule is CCOC(=O)CCCc1ccc(O)c(-c2ccccc2)c1. The molecule has 0 radical (unpaired) electrons. The van der Waals surface area contributed by atoms with Crippen LogP contribution in [0.5, 0.6) is 5.75 Å². The first kappa shape index (κ1) is 15.1. The van der Waals surface area contributed by atoms with Crippen LogP contribution in [0.25, 0.3) is 11.1 Å². The standard InChI is InChI=1S/C18H20O3/c1-2-21-18(20)10-6-7-14-11-12-17(19)16(13-14)15-8-4-3-5-9-15/h3-5,8-9,11-13,19H,2,6-7,10H2,1H3. The highest BCUT2D eigenvalue weighted by Gasteiger charge is 2.06. The lowest BCUT2D eigenvalue weighted by atomic mass is 9.99. The molecule has 0 spiro atoms. The minimum absolute atomic E-state index is 0.153. The Labute approximate surface area is 125 Å². The number of carbonyl (C=O) groups is 1. The number of hydrogen-bond acceptors (Lipinski definition) is 3. The molecule has 0 heterocycles. The van der Waals surface area contributed by atoms with E-state index in [2.05, 4.69) is 0 Å². The van der Waals surface area contributed by atoms with Gasteiger partial charge in [-0.15, -0.1) is 0 Å². The molecule has 1 N–H and O–H groups in total. The van der Waals surface area contributed by atoms with Crippen molar-refractivity contribution in [2.45, 2.75) is 26.2 Å². The highest BCUT2D eigenvalue weighted by atomic mass is 16.5. The summed E-state index contributed by atoms with van der Waals surface area (Å²) in [5, 5.41) is 10.00. The third kappa shape index (κ3) is 4.35. The molecule has 3 heteroatoms. The maximum Gasteiger partial charge on any atom is 0.305 e. The van der Waals surface area contributed by atoms with Crippen LogP contribution in [0.1, 0.15) is 25.3 Å². The number of aryl methyl sites for hydroxylation is 1. The summed E-state index contributed by atoms with van der Waals surface area (Å²) in [7, 11) is 0. The number of rotatable bonds is 6. The molecule has 0 aliphatic rings. The molecule has 0 aromatic heterocycles. The summed E-state index contributed by atoms with van der Waals surface area (Å²) in [5.74, 6) is 0.120.